The number of esters is 1. The Bertz CT molecular complexity index is 648. The molecule has 2 rings (SSSR count). The van der Waals surface area contributed by atoms with Crippen molar-refractivity contribution in [2.24, 2.45) is 14.1 Å². The number of morpholine rings is 1. The summed E-state index contributed by atoms with van der Waals surface area (Å²) in [6.45, 7) is 1.58. The van der Waals surface area contributed by atoms with Crippen LogP contribution in [0.3, 0.4) is 0 Å². The summed E-state index contributed by atoms with van der Waals surface area (Å²) >= 11 is 0. The maximum absolute atomic E-state index is 11.9. The molecule has 116 valence electrons. The quantitative estimate of drug-likeness (QED) is 0.629. The zero-order valence-electron chi connectivity index (χ0n) is 12.4. The molecular weight excluding hydrogens is 278 g/mol. The molecule has 1 aromatic heterocycles. The summed E-state index contributed by atoms with van der Waals surface area (Å²) < 4.78 is 12.5. The van der Waals surface area contributed by atoms with E-state index in [1.165, 1.54) is 24.8 Å². The Kier molecular flexibility index (Phi) is 4.59. The van der Waals surface area contributed by atoms with E-state index < -0.39 is 6.04 Å². The molecule has 21 heavy (non-hydrogen) atoms. The second kappa shape index (κ2) is 6.23. The maximum Gasteiger partial charge on any atom is 0.330 e. The molecule has 0 N–H and O–H groups in total. The minimum absolute atomic E-state index is 0.242. The molecule has 1 fully saturated rings. The molecule has 2 heterocycles. The van der Waals surface area contributed by atoms with Gasteiger partial charge in [-0.1, -0.05) is 0 Å². The normalized spacial score (nSPS) is 19.5. The van der Waals surface area contributed by atoms with E-state index in [4.69, 9.17) is 9.47 Å². The highest BCUT2D eigenvalue weighted by Gasteiger charge is 2.30. The topological polar surface area (TPSA) is 82.8 Å². The van der Waals surface area contributed by atoms with Crippen molar-refractivity contribution in [2.45, 2.75) is 12.6 Å². The molecule has 0 spiro atoms. The number of nitrogens with zero attached hydrogens (tertiary/aromatic N) is 3. The lowest BCUT2D eigenvalue weighted by Gasteiger charge is -2.33. The highest BCUT2D eigenvalue weighted by Crippen LogP contribution is 2.12. The van der Waals surface area contributed by atoms with E-state index >= 15 is 0 Å². The molecule has 0 radical (unpaired) electrons. The van der Waals surface area contributed by atoms with Crippen LogP contribution in [0.1, 0.15) is 5.69 Å². The summed E-state index contributed by atoms with van der Waals surface area (Å²) in [5, 5.41) is 0. The Labute approximate surface area is 121 Å². The van der Waals surface area contributed by atoms with Crippen molar-refractivity contribution in [3.8, 4) is 0 Å². The van der Waals surface area contributed by atoms with Crippen LogP contribution >= 0.6 is 0 Å². The summed E-state index contributed by atoms with van der Waals surface area (Å²) in [6.07, 6.45) is 0. The van der Waals surface area contributed by atoms with Gasteiger partial charge in [-0.25, -0.2) is 4.79 Å². The van der Waals surface area contributed by atoms with Crippen molar-refractivity contribution in [3.05, 3.63) is 32.6 Å². The van der Waals surface area contributed by atoms with E-state index in [2.05, 4.69) is 0 Å². The van der Waals surface area contributed by atoms with Crippen LogP contribution in [0.5, 0.6) is 0 Å². The van der Waals surface area contributed by atoms with Gasteiger partial charge in [0.15, 0.2) is 0 Å². The first-order chi connectivity index (χ1) is 9.95. The van der Waals surface area contributed by atoms with Gasteiger partial charge in [0.1, 0.15) is 6.04 Å². The molecule has 1 saturated heterocycles. The predicted octanol–water partition coefficient (Wildman–Crippen LogP) is -1.54. The lowest BCUT2D eigenvalue weighted by atomic mass is 10.2. The molecule has 8 heteroatoms. The van der Waals surface area contributed by atoms with Gasteiger partial charge in [-0.15, -0.1) is 0 Å². The van der Waals surface area contributed by atoms with Crippen molar-refractivity contribution in [3.63, 3.8) is 0 Å². The fourth-order valence-electron chi connectivity index (χ4n) is 2.32. The third kappa shape index (κ3) is 3.06. The molecule has 1 aromatic rings. The number of aromatic nitrogens is 2. The minimum atomic E-state index is -0.525. The third-order valence-electron chi connectivity index (χ3n) is 3.70. The number of carbonyl (C=O) groups excluding carboxylic acids is 1. The molecule has 0 aromatic carbocycles. The van der Waals surface area contributed by atoms with Gasteiger partial charge in [-0.3, -0.25) is 23.6 Å². The van der Waals surface area contributed by atoms with Gasteiger partial charge in [-0.05, 0) is 0 Å². The fourth-order valence-corrected chi connectivity index (χ4v) is 2.32. The van der Waals surface area contributed by atoms with Crippen molar-refractivity contribution >= 4 is 5.97 Å². The second-order valence-electron chi connectivity index (χ2n) is 4.96. The van der Waals surface area contributed by atoms with Crippen LogP contribution < -0.4 is 11.2 Å². The van der Waals surface area contributed by atoms with E-state index in [1.54, 1.807) is 7.05 Å². The average Bonchev–Trinajstić information content (AvgIpc) is 2.50. The smallest absolute Gasteiger partial charge is 0.330 e. The zero-order valence-corrected chi connectivity index (χ0v) is 12.4. The van der Waals surface area contributed by atoms with Gasteiger partial charge in [0.05, 0.1) is 20.3 Å². The first-order valence-corrected chi connectivity index (χ1v) is 6.61. The van der Waals surface area contributed by atoms with Crippen molar-refractivity contribution in [1.82, 2.24) is 14.0 Å². The van der Waals surface area contributed by atoms with Gasteiger partial charge in [0.2, 0.25) is 0 Å². The molecular formula is C13H19N3O5. The van der Waals surface area contributed by atoms with Gasteiger partial charge in [-0.2, -0.15) is 0 Å². The summed E-state index contributed by atoms with van der Waals surface area (Å²) in [5.41, 5.74) is -0.199. The summed E-state index contributed by atoms with van der Waals surface area (Å²) in [5.74, 6) is -0.386. The SMILES string of the molecule is COC(=O)C1COCCN1Cc1cc(=O)n(C)c(=O)n1C. The van der Waals surface area contributed by atoms with E-state index in [-0.39, 0.29) is 23.8 Å². The number of rotatable bonds is 3. The van der Waals surface area contributed by atoms with Gasteiger partial charge in [0, 0.05) is 38.9 Å². The van der Waals surface area contributed by atoms with Crippen LogP contribution in [0.2, 0.25) is 0 Å². The first kappa shape index (κ1) is 15.5. The standard InChI is InChI=1S/C13H19N3O5/c1-14-9(6-11(17)15(2)13(14)19)7-16-4-5-21-8-10(16)12(18)20-3/h6,10H,4-5,7-8H2,1-3H3. The van der Waals surface area contributed by atoms with Gasteiger partial charge < -0.3 is 9.47 Å². The maximum atomic E-state index is 11.9. The van der Waals surface area contributed by atoms with Crippen molar-refractivity contribution in [2.75, 3.05) is 26.9 Å². The first-order valence-electron chi connectivity index (χ1n) is 6.61. The molecule has 0 bridgehead atoms. The minimum Gasteiger partial charge on any atom is -0.468 e. The predicted molar refractivity (Wildman–Crippen MR) is 74.0 cm³/mol. The Balaban J connectivity index is 2.30. The molecule has 0 amide bonds. The molecule has 1 atom stereocenters. The number of hydrogen-bond acceptors (Lipinski definition) is 6. The number of carbonyl (C=O) groups is 1. The molecule has 8 nitrogen and oxygen atoms in total. The van der Waals surface area contributed by atoms with Crippen LogP contribution in [-0.2, 0) is 34.9 Å². The molecule has 1 aliphatic heterocycles. The molecule has 0 aliphatic carbocycles. The molecule has 1 unspecified atom stereocenters. The zero-order chi connectivity index (χ0) is 15.6. The summed E-state index contributed by atoms with van der Waals surface area (Å²) in [4.78, 5) is 37.3. The number of ether oxygens (including phenoxy) is 2. The third-order valence-corrected chi connectivity index (χ3v) is 3.70. The van der Waals surface area contributed by atoms with E-state index in [0.717, 1.165) is 4.57 Å². The number of methoxy groups -OCH3 is 1. The monoisotopic (exact) mass is 297 g/mol. The second-order valence-corrected chi connectivity index (χ2v) is 4.96. The number of hydrogen-bond donors (Lipinski definition) is 0. The van der Waals surface area contributed by atoms with Crippen LogP contribution in [0, 0.1) is 0 Å². The lowest BCUT2D eigenvalue weighted by Crippen LogP contribution is -2.50. The largest absolute Gasteiger partial charge is 0.468 e. The Morgan fingerprint density at radius 3 is 2.76 bits per heavy atom. The Hall–Kier alpha value is -1.93. The van der Waals surface area contributed by atoms with Crippen LogP contribution in [0.25, 0.3) is 0 Å². The Morgan fingerprint density at radius 1 is 1.38 bits per heavy atom. The van der Waals surface area contributed by atoms with Crippen LogP contribution in [0.4, 0.5) is 0 Å². The van der Waals surface area contributed by atoms with Crippen molar-refractivity contribution < 1.29 is 14.3 Å². The average molecular weight is 297 g/mol. The highest BCUT2D eigenvalue weighted by molar-refractivity contribution is 5.75. The molecule has 1 aliphatic rings. The van der Waals surface area contributed by atoms with Crippen LogP contribution in [-0.4, -0.2) is 52.9 Å². The Morgan fingerprint density at radius 2 is 2.10 bits per heavy atom. The van der Waals surface area contributed by atoms with E-state index in [1.807, 2.05) is 4.90 Å². The highest BCUT2D eigenvalue weighted by atomic mass is 16.5. The van der Waals surface area contributed by atoms with Gasteiger partial charge in [0.25, 0.3) is 5.56 Å². The molecule has 0 saturated carbocycles. The van der Waals surface area contributed by atoms with Gasteiger partial charge >= 0.3 is 11.7 Å². The summed E-state index contributed by atoms with van der Waals surface area (Å²) in [6, 6.07) is 0.883. The van der Waals surface area contributed by atoms with Crippen molar-refractivity contribution in [1.29, 1.82) is 0 Å². The van der Waals surface area contributed by atoms with Crippen LogP contribution in [0.15, 0.2) is 15.7 Å². The van der Waals surface area contributed by atoms with E-state index in [0.29, 0.717) is 25.4 Å². The fraction of sp³-hybridized carbons (Fsp3) is 0.615. The summed E-state index contributed by atoms with van der Waals surface area (Å²) in [7, 11) is 4.36. The van der Waals surface area contributed by atoms with E-state index in [9.17, 15) is 14.4 Å². The lowest BCUT2D eigenvalue weighted by molar-refractivity contribution is -0.153.